The largest absolute Gasteiger partial charge is 0.314 e. The van der Waals surface area contributed by atoms with Crippen LogP contribution in [0.3, 0.4) is 0 Å². The zero-order valence-electron chi connectivity index (χ0n) is 9.45. The molecule has 0 aliphatic carbocycles. The molecule has 15 heavy (non-hydrogen) atoms. The number of nitrogens with zero attached hydrogens (tertiary/aromatic N) is 3. The maximum atomic E-state index is 8.72. The molecule has 4 nitrogen and oxygen atoms in total. The Balaban J connectivity index is 1.67. The van der Waals surface area contributed by atoms with E-state index < -0.39 is 0 Å². The SMILES string of the molecule is CC(C#N)CN1CC(N2CCNCC2)C1. The van der Waals surface area contributed by atoms with Gasteiger partial charge in [-0.2, -0.15) is 5.26 Å². The molecule has 0 bridgehead atoms. The maximum absolute atomic E-state index is 8.72. The summed E-state index contributed by atoms with van der Waals surface area (Å²) in [6.07, 6.45) is 0. The normalized spacial score (nSPS) is 26.9. The summed E-state index contributed by atoms with van der Waals surface area (Å²) >= 11 is 0. The van der Waals surface area contributed by atoms with Gasteiger partial charge in [0.25, 0.3) is 0 Å². The van der Waals surface area contributed by atoms with Crippen molar-refractivity contribution in [3.8, 4) is 6.07 Å². The Morgan fingerprint density at radius 2 is 2.07 bits per heavy atom. The fourth-order valence-electron chi connectivity index (χ4n) is 2.40. The topological polar surface area (TPSA) is 42.3 Å². The van der Waals surface area contributed by atoms with Gasteiger partial charge in [-0.05, 0) is 6.92 Å². The second kappa shape index (κ2) is 4.93. The lowest BCUT2D eigenvalue weighted by Gasteiger charge is -2.47. The summed E-state index contributed by atoms with van der Waals surface area (Å²) in [5.41, 5.74) is 0. The first-order valence-electron chi connectivity index (χ1n) is 5.86. The highest BCUT2D eigenvalue weighted by Gasteiger charge is 2.32. The van der Waals surface area contributed by atoms with Crippen LogP contribution in [0.1, 0.15) is 6.92 Å². The smallest absolute Gasteiger partial charge is 0.0666 e. The molecular weight excluding hydrogens is 188 g/mol. The average molecular weight is 208 g/mol. The Kier molecular flexibility index (Phi) is 3.57. The van der Waals surface area contributed by atoms with Gasteiger partial charge in [0.15, 0.2) is 0 Å². The fraction of sp³-hybridized carbons (Fsp3) is 0.909. The number of nitrogens with one attached hydrogen (secondary N) is 1. The molecule has 0 radical (unpaired) electrons. The van der Waals surface area contributed by atoms with Crippen LogP contribution in [0.4, 0.5) is 0 Å². The van der Waals surface area contributed by atoms with Crippen LogP contribution in [-0.2, 0) is 0 Å². The molecule has 1 unspecified atom stereocenters. The molecule has 0 amide bonds. The maximum Gasteiger partial charge on any atom is 0.0666 e. The van der Waals surface area contributed by atoms with Crippen LogP contribution in [0.5, 0.6) is 0 Å². The van der Waals surface area contributed by atoms with Crippen molar-refractivity contribution in [3.63, 3.8) is 0 Å². The number of piperazine rings is 1. The molecule has 0 aromatic rings. The molecule has 0 saturated carbocycles. The zero-order valence-corrected chi connectivity index (χ0v) is 9.45. The highest BCUT2D eigenvalue weighted by molar-refractivity contribution is 4.92. The lowest BCUT2D eigenvalue weighted by atomic mass is 10.0. The van der Waals surface area contributed by atoms with E-state index in [2.05, 4.69) is 21.2 Å². The van der Waals surface area contributed by atoms with E-state index in [1.807, 2.05) is 6.92 Å². The lowest BCUT2D eigenvalue weighted by Crippen LogP contribution is -2.63. The van der Waals surface area contributed by atoms with Crippen molar-refractivity contribution in [2.75, 3.05) is 45.8 Å². The molecule has 2 saturated heterocycles. The third kappa shape index (κ3) is 2.69. The molecule has 2 aliphatic rings. The molecule has 2 heterocycles. The van der Waals surface area contributed by atoms with E-state index in [4.69, 9.17) is 5.26 Å². The van der Waals surface area contributed by atoms with E-state index in [1.54, 1.807) is 0 Å². The number of nitriles is 1. The number of rotatable bonds is 3. The summed E-state index contributed by atoms with van der Waals surface area (Å²) in [6.45, 7) is 9.89. The summed E-state index contributed by atoms with van der Waals surface area (Å²) in [6, 6.07) is 3.04. The van der Waals surface area contributed by atoms with Crippen LogP contribution in [0.2, 0.25) is 0 Å². The minimum atomic E-state index is 0.175. The van der Waals surface area contributed by atoms with Crippen LogP contribution in [0.25, 0.3) is 0 Å². The van der Waals surface area contributed by atoms with Crippen LogP contribution in [-0.4, -0.2) is 61.7 Å². The molecular formula is C11H20N4. The first-order chi connectivity index (χ1) is 7.29. The molecule has 0 aromatic carbocycles. The van der Waals surface area contributed by atoms with E-state index in [0.29, 0.717) is 0 Å². The Morgan fingerprint density at radius 3 is 2.67 bits per heavy atom. The predicted molar refractivity (Wildman–Crippen MR) is 59.4 cm³/mol. The van der Waals surface area contributed by atoms with E-state index in [-0.39, 0.29) is 5.92 Å². The van der Waals surface area contributed by atoms with Crippen molar-refractivity contribution in [2.45, 2.75) is 13.0 Å². The molecule has 1 atom stereocenters. The van der Waals surface area contributed by atoms with Crippen molar-refractivity contribution in [2.24, 2.45) is 5.92 Å². The van der Waals surface area contributed by atoms with E-state index in [0.717, 1.165) is 38.8 Å². The van der Waals surface area contributed by atoms with E-state index >= 15 is 0 Å². The second-order valence-electron chi connectivity index (χ2n) is 4.69. The third-order valence-electron chi connectivity index (χ3n) is 3.36. The van der Waals surface area contributed by atoms with Gasteiger partial charge in [0.1, 0.15) is 0 Å². The van der Waals surface area contributed by atoms with Crippen molar-refractivity contribution in [1.82, 2.24) is 15.1 Å². The molecule has 2 fully saturated rings. The van der Waals surface area contributed by atoms with Crippen molar-refractivity contribution < 1.29 is 0 Å². The minimum Gasteiger partial charge on any atom is -0.314 e. The van der Waals surface area contributed by atoms with Gasteiger partial charge in [-0.15, -0.1) is 0 Å². The Bertz CT molecular complexity index is 235. The highest BCUT2D eigenvalue weighted by atomic mass is 15.3. The standard InChI is InChI=1S/C11H20N4/c1-10(6-12)7-14-8-11(9-14)15-4-2-13-3-5-15/h10-11,13H,2-5,7-9H2,1H3. The van der Waals surface area contributed by atoms with Crippen LogP contribution < -0.4 is 5.32 Å². The average Bonchev–Trinajstić information content (AvgIpc) is 2.23. The summed E-state index contributed by atoms with van der Waals surface area (Å²) in [4.78, 5) is 4.96. The Labute approximate surface area is 91.8 Å². The minimum absolute atomic E-state index is 0.175. The molecule has 2 rings (SSSR count). The molecule has 1 N–H and O–H groups in total. The van der Waals surface area contributed by atoms with Crippen molar-refractivity contribution >= 4 is 0 Å². The lowest BCUT2D eigenvalue weighted by molar-refractivity contribution is 0.0231. The van der Waals surface area contributed by atoms with Crippen LogP contribution in [0, 0.1) is 17.2 Å². The van der Waals surface area contributed by atoms with Crippen molar-refractivity contribution in [1.29, 1.82) is 5.26 Å². The fourth-order valence-corrected chi connectivity index (χ4v) is 2.40. The van der Waals surface area contributed by atoms with E-state index in [9.17, 15) is 0 Å². The first kappa shape index (κ1) is 10.9. The van der Waals surface area contributed by atoms with E-state index in [1.165, 1.54) is 13.1 Å². The van der Waals surface area contributed by atoms with Gasteiger partial charge in [0.05, 0.1) is 12.0 Å². The number of hydrogen-bond acceptors (Lipinski definition) is 4. The summed E-state index contributed by atoms with van der Waals surface area (Å²) in [5.74, 6) is 0.175. The Morgan fingerprint density at radius 1 is 1.40 bits per heavy atom. The van der Waals surface area contributed by atoms with Gasteiger partial charge < -0.3 is 5.32 Å². The van der Waals surface area contributed by atoms with Gasteiger partial charge in [-0.1, -0.05) is 0 Å². The summed E-state index contributed by atoms with van der Waals surface area (Å²) < 4.78 is 0. The summed E-state index contributed by atoms with van der Waals surface area (Å²) in [5, 5.41) is 12.1. The molecule has 0 spiro atoms. The summed E-state index contributed by atoms with van der Waals surface area (Å²) in [7, 11) is 0. The number of likely N-dealkylation sites (tertiary alicyclic amines) is 1. The van der Waals surface area contributed by atoms with Crippen molar-refractivity contribution in [3.05, 3.63) is 0 Å². The highest BCUT2D eigenvalue weighted by Crippen LogP contribution is 2.16. The Hall–Kier alpha value is -0.630. The zero-order chi connectivity index (χ0) is 10.7. The van der Waals surface area contributed by atoms with Gasteiger partial charge in [-0.25, -0.2) is 0 Å². The third-order valence-corrected chi connectivity index (χ3v) is 3.36. The van der Waals surface area contributed by atoms with Gasteiger partial charge in [0, 0.05) is 51.9 Å². The first-order valence-corrected chi connectivity index (χ1v) is 5.86. The molecule has 2 aliphatic heterocycles. The van der Waals surface area contributed by atoms with Crippen LogP contribution >= 0.6 is 0 Å². The van der Waals surface area contributed by atoms with Gasteiger partial charge >= 0.3 is 0 Å². The quantitative estimate of drug-likeness (QED) is 0.693. The molecule has 84 valence electrons. The van der Waals surface area contributed by atoms with Gasteiger partial charge in [0.2, 0.25) is 0 Å². The molecule has 0 aromatic heterocycles. The monoisotopic (exact) mass is 208 g/mol. The van der Waals surface area contributed by atoms with Gasteiger partial charge in [-0.3, -0.25) is 9.80 Å². The van der Waals surface area contributed by atoms with Crippen LogP contribution in [0.15, 0.2) is 0 Å². The number of hydrogen-bond donors (Lipinski definition) is 1. The molecule has 4 heteroatoms. The predicted octanol–water partition coefficient (Wildman–Crippen LogP) is -0.265. The second-order valence-corrected chi connectivity index (χ2v) is 4.69.